The fourth-order valence-corrected chi connectivity index (χ4v) is 2.82. The summed E-state index contributed by atoms with van der Waals surface area (Å²) < 4.78 is 0. The minimum atomic E-state index is -0.228. The number of H-pyrrole nitrogens is 1. The number of aromatic nitrogens is 2. The highest BCUT2D eigenvalue weighted by molar-refractivity contribution is 6.31. The third-order valence-electron chi connectivity index (χ3n) is 3.88. The maximum Gasteiger partial charge on any atom is 0.255 e. The molecule has 0 fully saturated rings. The van der Waals surface area contributed by atoms with Gasteiger partial charge in [-0.15, -0.1) is 0 Å². The van der Waals surface area contributed by atoms with E-state index in [0.717, 1.165) is 5.56 Å². The van der Waals surface area contributed by atoms with E-state index in [1.54, 1.807) is 23.1 Å². The molecule has 0 saturated heterocycles. The van der Waals surface area contributed by atoms with Crippen molar-refractivity contribution in [3.8, 4) is 0 Å². The molecule has 3 rings (SSSR count). The first-order valence-corrected chi connectivity index (χ1v) is 7.27. The SMILES string of the molecule is Cc1c(Cl)cccc1C(=O)N1CCc2c(nc(N)[nH]c2=O)C1. The molecule has 1 aliphatic rings. The zero-order valence-corrected chi connectivity index (χ0v) is 12.8. The molecule has 0 unspecified atom stereocenters. The van der Waals surface area contributed by atoms with Crippen LogP contribution in [-0.4, -0.2) is 27.3 Å². The summed E-state index contributed by atoms with van der Waals surface area (Å²) in [6.45, 7) is 2.55. The van der Waals surface area contributed by atoms with Crippen LogP contribution in [0.4, 0.5) is 5.95 Å². The normalized spacial score (nSPS) is 13.8. The monoisotopic (exact) mass is 318 g/mol. The van der Waals surface area contributed by atoms with Gasteiger partial charge in [0.2, 0.25) is 5.95 Å². The van der Waals surface area contributed by atoms with Crippen LogP contribution in [0, 0.1) is 6.92 Å². The molecule has 2 aromatic rings. The van der Waals surface area contributed by atoms with Crippen molar-refractivity contribution >= 4 is 23.5 Å². The standard InChI is InChI=1S/C15H15ClN4O2/c1-8-9(3-2-4-11(8)16)14(22)20-6-5-10-12(7-20)18-15(17)19-13(10)21/h2-4H,5-7H2,1H3,(H3,17,18,19,21). The Morgan fingerprint density at radius 2 is 2.23 bits per heavy atom. The van der Waals surface area contributed by atoms with Gasteiger partial charge in [-0.3, -0.25) is 14.6 Å². The van der Waals surface area contributed by atoms with Crippen molar-refractivity contribution in [2.24, 2.45) is 0 Å². The van der Waals surface area contributed by atoms with Gasteiger partial charge in [0.25, 0.3) is 11.5 Å². The van der Waals surface area contributed by atoms with E-state index in [2.05, 4.69) is 9.97 Å². The average molecular weight is 319 g/mol. The number of hydrogen-bond acceptors (Lipinski definition) is 4. The van der Waals surface area contributed by atoms with E-state index in [9.17, 15) is 9.59 Å². The predicted octanol–water partition coefficient (Wildman–Crippen LogP) is 1.51. The summed E-state index contributed by atoms with van der Waals surface area (Å²) in [5, 5.41) is 0.557. The van der Waals surface area contributed by atoms with Crippen molar-refractivity contribution in [3.05, 3.63) is 56.0 Å². The summed E-state index contributed by atoms with van der Waals surface area (Å²) in [6, 6.07) is 5.25. The minimum Gasteiger partial charge on any atom is -0.369 e. The first-order chi connectivity index (χ1) is 10.5. The number of amides is 1. The number of fused-ring (bicyclic) bond motifs is 1. The maximum absolute atomic E-state index is 12.7. The highest BCUT2D eigenvalue weighted by atomic mass is 35.5. The highest BCUT2D eigenvalue weighted by Crippen LogP contribution is 2.22. The van der Waals surface area contributed by atoms with E-state index >= 15 is 0 Å². The largest absolute Gasteiger partial charge is 0.369 e. The number of nitrogens with zero attached hydrogens (tertiary/aromatic N) is 2. The van der Waals surface area contributed by atoms with Gasteiger partial charge in [0.1, 0.15) is 0 Å². The molecule has 1 aromatic heterocycles. The predicted molar refractivity (Wildman–Crippen MR) is 83.9 cm³/mol. The van der Waals surface area contributed by atoms with E-state index in [1.165, 1.54) is 0 Å². The first-order valence-electron chi connectivity index (χ1n) is 6.89. The Hall–Kier alpha value is -2.34. The summed E-state index contributed by atoms with van der Waals surface area (Å²) in [5.74, 6) is -0.0525. The van der Waals surface area contributed by atoms with Gasteiger partial charge in [-0.2, -0.15) is 0 Å². The number of hydrogen-bond donors (Lipinski definition) is 2. The number of nitrogen functional groups attached to an aromatic ring is 1. The molecule has 0 bridgehead atoms. The maximum atomic E-state index is 12.7. The van der Waals surface area contributed by atoms with Gasteiger partial charge in [-0.1, -0.05) is 17.7 Å². The number of carbonyl (C=O) groups excluding carboxylic acids is 1. The molecule has 22 heavy (non-hydrogen) atoms. The van der Waals surface area contributed by atoms with Crippen molar-refractivity contribution in [2.45, 2.75) is 19.9 Å². The van der Waals surface area contributed by atoms with Crippen LogP contribution in [0.3, 0.4) is 0 Å². The number of aromatic amines is 1. The van der Waals surface area contributed by atoms with Gasteiger partial charge >= 0.3 is 0 Å². The molecular weight excluding hydrogens is 304 g/mol. The van der Waals surface area contributed by atoms with Gasteiger partial charge in [0, 0.05) is 22.7 Å². The molecule has 7 heteroatoms. The molecule has 0 atom stereocenters. The smallest absolute Gasteiger partial charge is 0.255 e. The summed E-state index contributed by atoms with van der Waals surface area (Å²) in [6.07, 6.45) is 0.462. The zero-order chi connectivity index (χ0) is 15.9. The topological polar surface area (TPSA) is 92.1 Å². The van der Waals surface area contributed by atoms with Crippen LogP contribution in [0.2, 0.25) is 5.02 Å². The van der Waals surface area contributed by atoms with Crippen LogP contribution in [0.5, 0.6) is 0 Å². The van der Waals surface area contributed by atoms with Crippen molar-refractivity contribution in [1.82, 2.24) is 14.9 Å². The number of anilines is 1. The third kappa shape index (κ3) is 2.46. The molecule has 0 saturated carbocycles. The average Bonchev–Trinajstić information content (AvgIpc) is 2.48. The Balaban J connectivity index is 1.93. The first kappa shape index (κ1) is 14.6. The molecule has 0 radical (unpaired) electrons. The van der Waals surface area contributed by atoms with Crippen LogP contribution in [0.25, 0.3) is 0 Å². The highest BCUT2D eigenvalue weighted by Gasteiger charge is 2.26. The van der Waals surface area contributed by atoms with E-state index in [4.69, 9.17) is 17.3 Å². The second-order valence-electron chi connectivity index (χ2n) is 5.27. The molecule has 1 aromatic carbocycles. The molecule has 6 nitrogen and oxygen atoms in total. The number of rotatable bonds is 1. The molecule has 114 valence electrons. The van der Waals surface area contributed by atoms with Gasteiger partial charge in [0.15, 0.2) is 0 Å². The third-order valence-corrected chi connectivity index (χ3v) is 4.29. The van der Waals surface area contributed by atoms with E-state index < -0.39 is 0 Å². The Morgan fingerprint density at radius 3 is 3.00 bits per heavy atom. The lowest BCUT2D eigenvalue weighted by atomic mass is 10.0. The lowest BCUT2D eigenvalue weighted by molar-refractivity contribution is 0.0730. The summed E-state index contributed by atoms with van der Waals surface area (Å²) in [5.41, 5.74) is 7.81. The van der Waals surface area contributed by atoms with Crippen LogP contribution < -0.4 is 11.3 Å². The summed E-state index contributed by atoms with van der Waals surface area (Å²) in [7, 11) is 0. The number of nitrogens with one attached hydrogen (secondary N) is 1. The lowest BCUT2D eigenvalue weighted by Gasteiger charge is -2.28. The van der Waals surface area contributed by atoms with Crippen molar-refractivity contribution in [2.75, 3.05) is 12.3 Å². The fourth-order valence-electron chi connectivity index (χ4n) is 2.64. The van der Waals surface area contributed by atoms with Crippen molar-refractivity contribution in [1.29, 1.82) is 0 Å². The Bertz CT molecular complexity index is 816. The molecule has 2 heterocycles. The summed E-state index contributed by atoms with van der Waals surface area (Å²) in [4.78, 5) is 32.8. The molecule has 1 aliphatic heterocycles. The molecule has 1 amide bonds. The summed E-state index contributed by atoms with van der Waals surface area (Å²) >= 11 is 6.07. The Labute approximate surface area is 131 Å². The van der Waals surface area contributed by atoms with Crippen LogP contribution in [-0.2, 0) is 13.0 Å². The number of halogens is 1. The van der Waals surface area contributed by atoms with Crippen molar-refractivity contribution < 1.29 is 4.79 Å². The second-order valence-corrected chi connectivity index (χ2v) is 5.67. The van der Waals surface area contributed by atoms with E-state index in [0.29, 0.717) is 34.8 Å². The number of nitrogens with two attached hydrogens (primary N) is 1. The molecule has 0 aliphatic carbocycles. The van der Waals surface area contributed by atoms with Crippen LogP contribution in [0.1, 0.15) is 27.2 Å². The van der Waals surface area contributed by atoms with E-state index in [-0.39, 0.29) is 24.0 Å². The number of carbonyl (C=O) groups is 1. The van der Waals surface area contributed by atoms with E-state index in [1.807, 2.05) is 6.92 Å². The van der Waals surface area contributed by atoms with Crippen LogP contribution in [0.15, 0.2) is 23.0 Å². The van der Waals surface area contributed by atoms with Gasteiger partial charge in [0.05, 0.1) is 12.2 Å². The molecular formula is C15H15ClN4O2. The fraction of sp³-hybridized carbons (Fsp3) is 0.267. The Morgan fingerprint density at radius 1 is 1.45 bits per heavy atom. The second kappa shape index (κ2) is 5.46. The lowest BCUT2D eigenvalue weighted by Crippen LogP contribution is -2.39. The van der Waals surface area contributed by atoms with Crippen molar-refractivity contribution in [3.63, 3.8) is 0 Å². The molecule has 0 spiro atoms. The Kier molecular flexibility index (Phi) is 3.62. The van der Waals surface area contributed by atoms with Gasteiger partial charge in [-0.25, -0.2) is 4.98 Å². The quantitative estimate of drug-likeness (QED) is 0.833. The van der Waals surface area contributed by atoms with Crippen LogP contribution >= 0.6 is 11.6 Å². The van der Waals surface area contributed by atoms with Gasteiger partial charge in [-0.05, 0) is 31.0 Å². The minimum absolute atomic E-state index is 0.0667. The number of benzene rings is 1. The van der Waals surface area contributed by atoms with Gasteiger partial charge < -0.3 is 10.6 Å². The zero-order valence-electron chi connectivity index (χ0n) is 12.0. The molecule has 3 N–H and O–H groups in total.